The van der Waals surface area contributed by atoms with E-state index in [1.807, 2.05) is 6.92 Å². The van der Waals surface area contributed by atoms with Gasteiger partial charge >= 0.3 is 5.97 Å². The Kier molecular flexibility index (Phi) is 7.55. The molecule has 5 aliphatic carbocycles. The van der Waals surface area contributed by atoms with Crippen LogP contribution in [0.25, 0.3) is 0 Å². The van der Waals surface area contributed by atoms with Crippen molar-refractivity contribution in [2.75, 3.05) is 7.11 Å². The molecule has 0 saturated heterocycles. The Hall–Kier alpha value is -2.85. The first-order valence-corrected chi connectivity index (χ1v) is 16.1. The summed E-state index contributed by atoms with van der Waals surface area (Å²) >= 11 is 3.80. The minimum Gasteiger partial charge on any atom is -0.497 e. The molecular weight excluding hydrogens is 602 g/mol. The van der Waals surface area contributed by atoms with Gasteiger partial charge in [0.1, 0.15) is 34.7 Å². The lowest BCUT2D eigenvalue weighted by Crippen LogP contribution is -2.65. The monoisotopic (exact) mass is 642 g/mol. The van der Waals surface area contributed by atoms with Gasteiger partial charge < -0.3 is 14.6 Å². The molecule has 6 rings (SSSR count). The van der Waals surface area contributed by atoms with Crippen LogP contribution in [-0.2, 0) is 19.1 Å². The van der Waals surface area contributed by atoms with E-state index in [9.17, 15) is 24.3 Å². The zero-order chi connectivity index (χ0) is 32.7. The maximum absolute atomic E-state index is 17.7. The van der Waals surface area contributed by atoms with Crippen molar-refractivity contribution < 1.29 is 42.5 Å². The molecule has 0 amide bonds. The number of carbonyl (C=O) groups excluding carboxylic acids is 4. The fourth-order valence-electron chi connectivity index (χ4n) is 9.19. The van der Waals surface area contributed by atoms with Gasteiger partial charge in [-0.2, -0.15) is 0 Å². The Morgan fingerprint density at radius 3 is 2.31 bits per heavy atom. The minimum absolute atomic E-state index is 0.0556. The van der Waals surface area contributed by atoms with E-state index in [4.69, 9.17) is 9.47 Å². The number of allylic oxidation sites excluding steroid dienone is 4. The van der Waals surface area contributed by atoms with Crippen LogP contribution in [0.1, 0.15) is 82.5 Å². The second kappa shape index (κ2) is 10.6. The number of Topliss-reactive ketones (excluding diaryl/α,β-unsaturated/α-hetero) is 1. The molecule has 0 aliphatic heterocycles. The van der Waals surface area contributed by atoms with Crippen LogP contribution < -0.4 is 4.74 Å². The predicted molar refractivity (Wildman–Crippen MR) is 164 cm³/mol. The minimum atomic E-state index is -1.90. The first kappa shape index (κ1) is 32.1. The van der Waals surface area contributed by atoms with Crippen LogP contribution in [0, 0.1) is 28.1 Å². The molecule has 0 bridgehead atoms. The molecule has 1 aromatic carbocycles. The van der Waals surface area contributed by atoms with Gasteiger partial charge in [0.05, 0.1) is 7.11 Å². The summed E-state index contributed by atoms with van der Waals surface area (Å²) in [5.74, 6) is -1.89. The van der Waals surface area contributed by atoms with Crippen molar-refractivity contribution in [3.8, 4) is 5.75 Å². The van der Waals surface area contributed by atoms with Crippen LogP contribution >= 0.6 is 12.6 Å². The second-order valence-corrected chi connectivity index (χ2v) is 14.8. The van der Waals surface area contributed by atoms with Gasteiger partial charge in [-0.1, -0.05) is 13.0 Å². The lowest BCUT2D eigenvalue weighted by molar-refractivity contribution is -0.209. The number of methoxy groups -OCH3 is 1. The second-order valence-electron chi connectivity index (χ2n) is 14.4. The van der Waals surface area contributed by atoms with Crippen molar-refractivity contribution in [1.82, 2.24) is 0 Å². The third-order valence-corrected chi connectivity index (χ3v) is 12.8. The summed E-state index contributed by atoms with van der Waals surface area (Å²) in [6.45, 7) is 5.11. The third-order valence-electron chi connectivity index (χ3n) is 12.5. The molecule has 7 nitrogen and oxygen atoms in total. The largest absolute Gasteiger partial charge is 0.497 e. The smallest absolute Gasteiger partial charge is 0.315 e. The van der Waals surface area contributed by atoms with Crippen LogP contribution in [0.2, 0.25) is 0 Å². The Morgan fingerprint density at radius 2 is 1.71 bits per heavy atom. The van der Waals surface area contributed by atoms with Crippen molar-refractivity contribution in [3.63, 3.8) is 0 Å². The number of alkyl halides is 2. The summed E-state index contributed by atoms with van der Waals surface area (Å²) in [7, 11) is 1.52. The van der Waals surface area contributed by atoms with Crippen molar-refractivity contribution in [3.05, 3.63) is 53.1 Å². The predicted octanol–water partition coefficient (Wildman–Crippen LogP) is 5.89. The molecule has 0 radical (unpaired) electrons. The Morgan fingerprint density at radius 1 is 1.02 bits per heavy atom. The SMILES string of the molecule is COc1ccc(C(=O)CC2=C[C@@]3(C)C(=CC2=O)[C@@H](F)C[C@H]2[C@@H]4CC[C@@H](OC(=O)C5(C)CC[C@@]5(O)C(=O)S)[C@@]4(C)CC[C@@]23F)cc1. The van der Waals surface area contributed by atoms with Crippen LogP contribution in [0.4, 0.5) is 8.78 Å². The van der Waals surface area contributed by atoms with Gasteiger partial charge in [0.15, 0.2) is 11.6 Å². The molecule has 0 heterocycles. The van der Waals surface area contributed by atoms with Gasteiger partial charge in [-0.25, -0.2) is 8.78 Å². The first-order valence-electron chi connectivity index (χ1n) is 15.7. The molecule has 45 heavy (non-hydrogen) atoms. The number of hydrogen-bond acceptors (Lipinski definition) is 7. The fourth-order valence-corrected chi connectivity index (χ4v) is 9.55. The number of halogens is 2. The molecule has 4 saturated carbocycles. The molecule has 1 N–H and O–H groups in total. The number of esters is 1. The Bertz CT molecular complexity index is 1540. The zero-order valence-electron chi connectivity index (χ0n) is 26.0. The van der Waals surface area contributed by atoms with E-state index in [1.165, 1.54) is 26.2 Å². The maximum atomic E-state index is 17.7. The summed E-state index contributed by atoms with van der Waals surface area (Å²) in [4.78, 5) is 51.7. The highest BCUT2D eigenvalue weighted by molar-refractivity contribution is 7.96. The van der Waals surface area contributed by atoms with Gasteiger partial charge in [0.2, 0.25) is 5.12 Å². The molecule has 1 unspecified atom stereocenters. The summed E-state index contributed by atoms with van der Waals surface area (Å²) in [6.07, 6.45) is 2.04. The zero-order valence-corrected chi connectivity index (χ0v) is 26.9. The molecule has 9 atom stereocenters. The number of carbonyl (C=O) groups is 4. The van der Waals surface area contributed by atoms with Crippen molar-refractivity contribution in [2.45, 2.75) is 95.7 Å². The van der Waals surface area contributed by atoms with E-state index in [1.54, 1.807) is 31.2 Å². The highest BCUT2D eigenvalue weighted by Crippen LogP contribution is 2.69. The number of benzene rings is 1. The van der Waals surface area contributed by atoms with E-state index in [0.29, 0.717) is 30.6 Å². The molecular formula is C35H40F2O7S. The number of hydrogen-bond donors (Lipinski definition) is 2. The number of thiol groups is 1. The first-order chi connectivity index (χ1) is 21.0. The number of ether oxygens (including phenoxy) is 2. The van der Waals surface area contributed by atoms with Crippen LogP contribution in [0.5, 0.6) is 5.75 Å². The average molecular weight is 643 g/mol. The van der Waals surface area contributed by atoms with Gasteiger partial charge in [-0.05, 0) is 101 Å². The maximum Gasteiger partial charge on any atom is 0.315 e. The molecule has 0 aromatic heterocycles. The summed E-state index contributed by atoms with van der Waals surface area (Å²) in [5, 5.41) is 10.0. The number of rotatable bonds is 7. The van der Waals surface area contributed by atoms with Crippen LogP contribution in [0.3, 0.4) is 0 Å². The highest BCUT2D eigenvalue weighted by atomic mass is 32.1. The van der Waals surface area contributed by atoms with Crippen molar-refractivity contribution >= 4 is 35.3 Å². The number of fused-ring (bicyclic) bond motifs is 5. The van der Waals surface area contributed by atoms with E-state index in [2.05, 4.69) is 12.6 Å². The average Bonchev–Trinajstić information content (AvgIpc) is 3.33. The van der Waals surface area contributed by atoms with Gasteiger partial charge in [-0.3, -0.25) is 19.2 Å². The van der Waals surface area contributed by atoms with Gasteiger partial charge in [-0.15, -0.1) is 12.6 Å². The van der Waals surface area contributed by atoms with Crippen molar-refractivity contribution in [1.29, 1.82) is 0 Å². The van der Waals surface area contributed by atoms with E-state index >= 15 is 8.78 Å². The van der Waals surface area contributed by atoms with Crippen molar-refractivity contribution in [2.24, 2.45) is 28.1 Å². The molecule has 0 spiro atoms. The van der Waals surface area contributed by atoms with Gasteiger partial charge in [0.25, 0.3) is 0 Å². The van der Waals surface area contributed by atoms with E-state index in [-0.39, 0.29) is 55.0 Å². The molecule has 1 aromatic rings. The Labute approximate surface area is 267 Å². The topological polar surface area (TPSA) is 107 Å². The molecule has 4 fully saturated rings. The quantitative estimate of drug-likeness (QED) is 0.217. The number of aliphatic hydroxyl groups is 1. The lowest BCUT2D eigenvalue weighted by atomic mass is 9.46. The van der Waals surface area contributed by atoms with E-state index in [0.717, 1.165) is 0 Å². The highest BCUT2D eigenvalue weighted by Gasteiger charge is 2.70. The summed E-state index contributed by atoms with van der Waals surface area (Å²) < 4.78 is 44.9. The fraction of sp³-hybridized carbons (Fsp3) is 0.600. The third kappa shape index (κ3) is 4.44. The molecule has 10 heteroatoms. The summed E-state index contributed by atoms with van der Waals surface area (Å²) in [6, 6.07) is 6.52. The van der Waals surface area contributed by atoms with Crippen LogP contribution in [0.15, 0.2) is 47.6 Å². The molecule has 242 valence electrons. The van der Waals surface area contributed by atoms with E-state index < -0.39 is 62.6 Å². The summed E-state index contributed by atoms with van der Waals surface area (Å²) in [5.41, 5.74) is -6.62. The standard InChI is InChI=1S/C35H40F2O7S/c1-31-11-13-34(37)23(22(31)9-10-28(31)44-29(40)32(2)12-14-35(32,42)30(41)45)16-25(36)24-17-27(39)20(18-33(24,34)3)15-26(38)19-5-7-21(43-4)8-6-19/h5-8,17-18,22-23,25,28,42H,9-16H2,1-4H3,(H,41,45)/t22-,23-,25-,28+,31-,32?,33-,34+,35+/m0/s1. The lowest BCUT2D eigenvalue weighted by Gasteiger charge is -2.60. The normalized spacial score (nSPS) is 41.8. The molecule has 5 aliphatic rings. The van der Waals surface area contributed by atoms with Crippen LogP contribution in [-0.4, -0.2) is 58.4 Å². The Balaban J connectivity index is 1.26. The van der Waals surface area contributed by atoms with Gasteiger partial charge in [0, 0.05) is 34.3 Å². The number of ketones is 2.